The van der Waals surface area contributed by atoms with Gasteiger partial charge in [-0.05, 0) is 42.9 Å². The first-order valence-corrected chi connectivity index (χ1v) is 7.16. The van der Waals surface area contributed by atoms with Crippen LogP contribution in [0.4, 0.5) is 0 Å². The minimum atomic E-state index is 0.160. The Morgan fingerprint density at radius 2 is 2.10 bits per heavy atom. The number of methoxy groups -OCH3 is 1. The molecule has 4 heteroatoms. The van der Waals surface area contributed by atoms with Crippen molar-refractivity contribution in [3.8, 4) is 5.75 Å². The lowest BCUT2D eigenvalue weighted by Crippen LogP contribution is -2.40. The van der Waals surface area contributed by atoms with E-state index in [4.69, 9.17) is 9.84 Å². The summed E-state index contributed by atoms with van der Waals surface area (Å²) in [6.45, 7) is 3.74. The van der Waals surface area contributed by atoms with Crippen molar-refractivity contribution < 1.29 is 14.6 Å². The second-order valence-corrected chi connectivity index (χ2v) is 5.49. The predicted molar refractivity (Wildman–Crippen MR) is 77.8 cm³/mol. The number of nitrogens with zero attached hydrogens (tertiary/aromatic N) is 1. The van der Waals surface area contributed by atoms with E-state index in [9.17, 15) is 4.79 Å². The molecule has 2 rings (SSSR count). The van der Waals surface area contributed by atoms with Gasteiger partial charge in [-0.3, -0.25) is 4.79 Å². The number of hydrogen-bond donors (Lipinski definition) is 1. The number of aliphatic hydroxyl groups is 1. The van der Waals surface area contributed by atoms with Crippen LogP contribution >= 0.6 is 0 Å². The molecule has 0 atom stereocenters. The van der Waals surface area contributed by atoms with Crippen LogP contribution in [0.2, 0.25) is 0 Å². The number of carbonyl (C=O) groups excluding carboxylic acids is 1. The van der Waals surface area contributed by atoms with Crippen molar-refractivity contribution in [2.75, 3.05) is 26.8 Å². The first-order chi connectivity index (χ1) is 9.63. The van der Waals surface area contributed by atoms with Crippen molar-refractivity contribution >= 4 is 5.91 Å². The first-order valence-electron chi connectivity index (χ1n) is 7.16. The van der Waals surface area contributed by atoms with Crippen LogP contribution in [0.25, 0.3) is 0 Å². The summed E-state index contributed by atoms with van der Waals surface area (Å²) in [5.41, 5.74) is 2.06. The maximum Gasteiger partial charge on any atom is 0.226 e. The van der Waals surface area contributed by atoms with E-state index in [2.05, 4.69) is 0 Å². The van der Waals surface area contributed by atoms with E-state index >= 15 is 0 Å². The third-order valence-corrected chi connectivity index (χ3v) is 4.05. The molecule has 110 valence electrons. The molecule has 0 aromatic heterocycles. The topological polar surface area (TPSA) is 49.8 Å². The number of likely N-dealkylation sites (tertiary alicyclic amines) is 1. The highest BCUT2D eigenvalue weighted by Gasteiger charge is 2.22. The largest absolute Gasteiger partial charge is 0.496 e. The predicted octanol–water partition coefficient (Wildman–Crippen LogP) is 1.78. The van der Waals surface area contributed by atoms with Gasteiger partial charge in [0.2, 0.25) is 5.91 Å². The van der Waals surface area contributed by atoms with Crippen LogP contribution in [0, 0.1) is 12.8 Å². The molecule has 1 aliphatic heterocycles. The second kappa shape index (κ2) is 6.75. The number of amides is 1. The van der Waals surface area contributed by atoms with Gasteiger partial charge in [-0.1, -0.05) is 12.1 Å². The van der Waals surface area contributed by atoms with Gasteiger partial charge >= 0.3 is 0 Å². The maximum atomic E-state index is 12.3. The summed E-state index contributed by atoms with van der Waals surface area (Å²) >= 11 is 0. The molecule has 1 fully saturated rings. The van der Waals surface area contributed by atoms with Crippen molar-refractivity contribution in [1.29, 1.82) is 0 Å². The highest BCUT2D eigenvalue weighted by atomic mass is 16.5. The summed E-state index contributed by atoms with van der Waals surface area (Å²) in [6, 6.07) is 5.91. The Morgan fingerprint density at radius 1 is 1.40 bits per heavy atom. The number of carbonyl (C=O) groups is 1. The smallest absolute Gasteiger partial charge is 0.226 e. The van der Waals surface area contributed by atoms with Crippen LogP contribution < -0.4 is 4.74 Å². The molecule has 0 unspecified atom stereocenters. The van der Waals surface area contributed by atoms with E-state index in [1.807, 2.05) is 30.0 Å². The molecule has 0 bridgehead atoms. The van der Waals surface area contributed by atoms with Crippen molar-refractivity contribution in [2.45, 2.75) is 26.2 Å². The third kappa shape index (κ3) is 3.51. The van der Waals surface area contributed by atoms with Crippen LogP contribution in [0.3, 0.4) is 0 Å². The van der Waals surface area contributed by atoms with Gasteiger partial charge in [0.15, 0.2) is 0 Å². The normalized spacial score (nSPS) is 16.2. The lowest BCUT2D eigenvalue weighted by Gasteiger charge is -2.31. The summed E-state index contributed by atoms with van der Waals surface area (Å²) in [4.78, 5) is 14.2. The minimum absolute atomic E-state index is 0.160. The molecule has 4 nitrogen and oxygen atoms in total. The number of hydrogen-bond acceptors (Lipinski definition) is 3. The van der Waals surface area contributed by atoms with Gasteiger partial charge in [0.25, 0.3) is 0 Å². The molecule has 1 aromatic carbocycles. The van der Waals surface area contributed by atoms with Crippen LogP contribution in [-0.4, -0.2) is 42.7 Å². The lowest BCUT2D eigenvalue weighted by atomic mass is 9.97. The Kier molecular flexibility index (Phi) is 5.01. The Labute approximate surface area is 120 Å². The van der Waals surface area contributed by atoms with E-state index in [0.29, 0.717) is 12.3 Å². The molecule has 1 amide bonds. The molecule has 1 aromatic rings. The van der Waals surface area contributed by atoms with Crippen molar-refractivity contribution in [2.24, 2.45) is 5.92 Å². The second-order valence-electron chi connectivity index (χ2n) is 5.49. The monoisotopic (exact) mass is 277 g/mol. The van der Waals surface area contributed by atoms with Gasteiger partial charge in [-0.2, -0.15) is 0 Å². The standard InChI is InChI=1S/C16H23NO3/c1-12-3-4-14(9-15(12)20-2)10-16(19)17-7-5-13(11-18)6-8-17/h3-4,9,13,18H,5-8,10-11H2,1-2H3. The Hall–Kier alpha value is -1.55. The zero-order valence-corrected chi connectivity index (χ0v) is 12.3. The van der Waals surface area contributed by atoms with Crippen LogP contribution in [0.1, 0.15) is 24.0 Å². The SMILES string of the molecule is COc1cc(CC(=O)N2CCC(CO)CC2)ccc1C. The van der Waals surface area contributed by atoms with E-state index in [1.54, 1.807) is 7.11 Å². The number of piperidine rings is 1. The molecule has 0 aliphatic carbocycles. The average Bonchev–Trinajstić information content (AvgIpc) is 2.49. The number of aryl methyl sites for hydroxylation is 1. The van der Waals surface area contributed by atoms with Gasteiger partial charge in [0, 0.05) is 19.7 Å². The van der Waals surface area contributed by atoms with Crippen molar-refractivity contribution in [1.82, 2.24) is 4.90 Å². The van der Waals surface area contributed by atoms with Gasteiger partial charge in [0.05, 0.1) is 13.5 Å². The number of rotatable bonds is 4. The third-order valence-electron chi connectivity index (χ3n) is 4.05. The highest BCUT2D eigenvalue weighted by Crippen LogP contribution is 2.21. The van der Waals surface area contributed by atoms with Gasteiger partial charge in [-0.15, -0.1) is 0 Å². The summed E-state index contributed by atoms with van der Waals surface area (Å²) in [6.07, 6.45) is 2.22. The fourth-order valence-electron chi connectivity index (χ4n) is 2.63. The lowest BCUT2D eigenvalue weighted by molar-refractivity contribution is -0.132. The number of ether oxygens (including phenoxy) is 1. The van der Waals surface area contributed by atoms with Gasteiger partial charge < -0.3 is 14.7 Å². The van der Waals surface area contributed by atoms with E-state index in [0.717, 1.165) is 42.8 Å². The van der Waals surface area contributed by atoms with Crippen molar-refractivity contribution in [3.05, 3.63) is 29.3 Å². The molecule has 1 N–H and O–H groups in total. The fourth-order valence-corrected chi connectivity index (χ4v) is 2.63. The van der Waals surface area contributed by atoms with E-state index in [-0.39, 0.29) is 12.5 Å². The quantitative estimate of drug-likeness (QED) is 0.912. The molecule has 1 aliphatic rings. The molecule has 1 saturated heterocycles. The van der Waals surface area contributed by atoms with E-state index < -0.39 is 0 Å². The zero-order valence-electron chi connectivity index (χ0n) is 12.3. The molecular formula is C16H23NO3. The molecule has 0 saturated carbocycles. The van der Waals surface area contributed by atoms with Crippen LogP contribution in [0.15, 0.2) is 18.2 Å². The number of aliphatic hydroxyl groups excluding tert-OH is 1. The molecule has 0 spiro atoms. The summed E-state index contributed by atoms with van der Waals surface area (Å²) in [5, 5.41) is 9.12. The maximum absolute atomic E-state index is 12.3. The Bertz CT molecular complexity index is 465. The van der Waals surface area contributed by atoms with E-state index in [1.165, 1.54) is 0 Å². The highest BCUT2D eigenvalue weighted by molar-refractivity contribution is 5.79. The number of benzene rings is 1. The summed E-state index contributed by atoms with van der Waals surface area (Å²) in [5.74, 6) is 1.35. The molecule has 1 heterocycles. The fraction of sp³-hybridized carbons (Fsp3) is 0.562. The average molecular weight is 277 g/mol. The molecule has 20 heavy (non-hydrogen) atoms. The summed E-state index contributed by atoms with van der Waals surface area (Å²) < 4.78 is 5.29. The summed E-state index contributed by atoms with van der Waals surface area (Å²) in [7, 11) is 1.65. The van der Waals surface area contributed by atoms with Crippen molar-refractivity contribution in [3.63, 3.8) is 0 Å². The van der Waals surface area contributed by atoms with Crippen LogP contribution in [0.5, 0.6) is 5.75 Å². The van der Waals surface area contributed by atoms with Gasteiger partial charge in [-0.25, -0.2) is 0 Å². The van der Waals surface area contributed by atoms with Crippen LogP contribution in [-0.2, 0) is 11.2 Å². The first kappa shape index (κ1) is 14.9. The molecular weight excluding hydrogens is 254 g/mol. The zero-order chi connectivity index (χ0) is 14.5. The minimum Gasteiger partial charge on any atom is -0.496 e. The van der Waals surface area contributed by atoms with Gasteiger partial charge in [0.1, 0.15) is 5.75 Å². The Morgan fingerprint density at radius 3 is 2.70 bits per heavy atom. The molecule has 0 radical (unpaired) electrons. The Balaban J connectivity index is 1.95.